The minimum Gasteiger partial charge on any atom is -0.454 e. The molecule has 6 heteroatoms. The highest BCUT2D eigenvalue weighted by Gasteiger charge is 2.14. The Morgan fingerprint density at radius 1 is 0.821 bits per heavy atom. The number of hydrogen-bond acceptors (Lipinski definition) is 6. The quantitative estimate of drug-likeness (QED) is 0.387. The van der Waals surface area contributed by atoms with Crippen LogP contribution in [0.25, 0.3) is 21.1 Å². The molecular formula is C22H18N2O2S2. The molecule has 4 nitrogen and oxygen atoms in total. The molecule has 0 bridgehead atoms. The van der Waals surface area contributed by atoms with E-state index in [9.17, 15) is 4.79 Å². The fourth-order valence-corrected chi connectivity index (χ4v) is 4.22. The number of aromatic nitrogens is 2. The third-order valence-electron chi connectivity index (χ3n) is 4.21. The van der Waals surface area contributed by atoms with Crippen LogP contribution in [0.15, 0.2) is 59.3 Å². The van der Waals surface area contributed by atoms with Crippen molar-refractivity contribution in [1.82, 2.24) is 9.97 Å². The summed E-state index contributed by atoms with van der Waals surface area (Å²) in [7, 11) is 0. The van der Waals surface area contributed by atoms with Gasteiger partial charge in [0.1, 0.15) is 16.6 Å². The van der Waals surface area contributed by atoms with Crippen molar-refractivity contribution < 1.29 is 9.53 Å². The first-order chi connectivity index (χ1) is 13.6. The molecule has 2 aromatic heterocycles. The summed E-state index contributed by atoms with van der Waals surface area (Å²) in [5, 5.41) is 5.38. The zero-order valence-electron chi connectivity index (χ0n) is 15.5. The molecule has 2 aromatic carbocycles. The maximum absolute atomic E-state index is 12.3. The first-order valence-electron chi connectivity index (χ1n) is 8.79. The van der Waals surface area contributed by atoms with Gasteiger partial charge in [-0.05, 0) is 13.8 Å². The van der Waals surface area contributed by atoms with Gasteiger partial charge in [-0.15, -0.1) is 22.7 Å². The Morgan fingerprint density at radius 3 is 1.96 bits per heavy atom. The van der Waals surface area contributed by atoms with Crippen LogP contribution in [0.1, 0.15) is 27.3 Å². The van der Waals surface area contributed by atoms with Gasteiger partial charge < -0.3 is 4.74 Å². The molecule has 0 aliphatic rings. The highest BCUT2D eigenvalue weighted by molar-refractivity contribution is 7.13. The number of nitrogens with zero attached hydrogens (tertiary/aromatic N) is 2. The van der Waals surface area contributed by atoms with Crippen molar-refractivity contribution >= 4 is 28.6 Å². The Balaban J connectivity index is 1.40. The van der Waals surface area contributed by atoms with Gasteiger partial charge in [-0.1, -0.05) is 59.7 Å². The van der Waals surface area contributed by atoms with E-state index < -0.39 is 5.97 Å². The van der Waals surface area contributed by atoms with E-state index in [2.05, 4.69) is 29.0 Å². The largest absolute Gasteiger partial charge is 0.454 e. The smallest absolute Gasteiger partial charge is 0.358 e. The third-order valence-corrected chi connectivity index (χ3v) is 6.04. The van der Waals surface area contributed by atoms with Crippen molar-refractivity contribution in [2.75, 3.05) is 0 Å². The number of aryl methyl sites for hydroxylation is 2. The minimum atomic E-state index is -0.431. The molecule has 0 saturated heterocycles. The van der Waals surface area contributed by atoms with Gasteiger partial charge in [0.25, 0.3) is 0 Å². The molecule has 0 amide bonds. The lowest BCUT2D eigenvalue weighted by molar-refractivity contribution is 0.0462. The first kappa shape index (κ1) is 18.5. The average Bonchev–Trinajstić information content (AvgIpc) is 3.37. The summed E-state index contributed by atoms with van der Waals surface area (Å²) in [5.41, 5.74) is 5.53. The van der Waals surface area contributed by atoms with Gasteiger partial charge in [-0.3, -0.25) is 0 Å². The van der Waals surface area contributed by atoms with Crippen LogP contribution in [0.4, 0.5) is 0 Å². The normalized spacial score (nSPS) is 10.8. The predicted octanol–water partition coefficient (Wildman–Crippen LogP) is 5.91. The van der Waals surface area contributed by atoms with Gasteiger partial charge >= 0.3 is 5.97 Å². The van der Waals surface area contributed by atoms with Gasteiger partial charge in [-0.2, -0.15) is 0 Å². The minimum absolute atomic E-state index is 0.137. The van der Waals surface area contributed by atoms with Gasteiger partial charge in [0.15, 0.2) is 5.69 Å². The Labute approximate surface area is 171 Å². The van der Waals surface area contributed by atoms with Crippen molar-refractivity contribution in [1.29, 1.82) is 0 Å². The van der Waals surface area contributed by atoms with Crippen LogP contribution in [0.2, 0.25) is 0 Å². The Kier molecular flexibility index (Phi) is 5.32. The molecular weight excluding hydrogens is 388 g/mol. The van der Waals surface area contributed by atoms with Crippen molar-refractivity contribution in [2.45, 2.75) is 20.5 Å². The standard InChI is InChI=1S/C22H18N2O2S2/c1-14-3-7-16(8-4-14)20-23-18(12-27-20)11-26-22(25)19-13-28-21(24-19)17-9-5-15(2)6-10-17/h3-10,12-13H,11H2,1-2H3. The molecule has 28 heavy (non-hydrogen) atoms. The van der Waals surface area contributed by atoms with Crippen LogP contribution in [0, 0.1) is 13.8 Å². The predicted molar refractivity (Wildman–Crippen MR) is 114 cm³/mol. The lowest BCUT2D eigenvalue weighted by atomic mass is 10.2. The number of thiazole rings is 2. The van der Waals surface area contributed by atoms with E-state index in [0.29, 0.717) is 5.69 Å². The molecule has 0 radical (unpaired) electrons. The molecule has 0 aliphatic heterocycles. The lowest BCUT2D eigenvalue weighted by Crippen LogP contribution is -2.05. The second-order valence-electron chi connectivity index (χ2n) is 6.49. The molecule has 4 rings (SSSR count). The number of carbonyl (C=O) groups is 1. The number of ether oxygens (including phenoxy) is 1. The highest BCUT2D eigenvalue weighted by atomic mass is 32.1. The Bertz CT molecular complexity index is 1100. The van der Waals surface area contributed by atoms with Crippen LogP contribution in [0.3, 0.4) is 0 Å². The Hall–Kier alpha value is -2.83. The molecule has 0 fully saturated rings. The highest BCUT2D eigenvalue weighted by Crippen LogP contribution is 2.26. The van der Waals surface area contributed by atoms with E-state index in [4.69, 9.17) is 4.74 Å². The van der Waals surface area contributed by atoms with Gasteiger partial charge in [0.05, 0.1) is 5.69 Å². The summed E-state index contributed by atoms with van der Waals surface area (Å²) >= 11 is 2.98. The number of benzene rings is 2. The maximum Gasteiger partial charge on any atom is 0.358 e. The van der Waals surface area contributed by atoms with Crippen molar-refractivity contribution in [3.05, 3.63) is 81.8 Å². The molecule has 0 saturated carbocycles. The number of esters is 1. The van der Waals surface area contributed by atoms with Crippen LogP contribution in [0.5, 0.6) is 0 Å². The van der Waals surface area contributed by atoms with Crippen molar-refractivity contribution in [3.8, 4) is 21.1 Å². The zero-order chi connectivity index (χ0) is 19.5. The topological polar surface area (TPSA) is 52.1 Å². The van der Waals surface area contributed by atoms with Gasteiger partial charge in [0.2, 0.25) is 0 Å². The number of carbonyl (C=O) groups excluding carboxylic acids is 1. The van der Waals surface area contributed by atoms with Crippen LogP contribution in [-0.4, -0.2) is 15.9 Å². The fraction of sp³-hybridized carbons (Fsp3) is 0.136. The zero-order valence-corrected chi connectivity index (χ0v) is 17.1. The number of hydrogen-bond donors (Lipinski definition) is 0. The van der Waals surface area contributed by atoms with Crippen LogP contribution >= 0.6 is 22.7 Å². The molecule has 4 aromatic rings. The molecule has 2 heterocycles. The van der Waals surface area contributed by atoms with Crippen LogP contribution < -0.4 is 0 Å². The van der Waals surface area contributed by atoms with E-state index in [0.717, 1.165) is 26.8 Å². The molecule has 140 valence electrons. The molecule has 0 spiro atoms. The number of rotatable bonds is 5. The van der Waals surface area contributed by atoms with Crippen molar-refractivity contribution in [3.63, 3.8) is 0 Å². The van der Waals surface area contributed by atoms with Gasteiger partial charge in [0, 0.05) is 21.9 Å². The SMILES string of the molecule is Cc1ccc(-c2nc(COC(=O)c3csc(-c4ccc(C)cc4)n3)cs2)cc1. The maximum atomic E-state index is 12.3. The van der Waals surface area contributed by atoms with Crippen molar-refractivity contribution in [2.24, 2.45) is 0 Å². The van der Waals surface area contributed by atoms with E-state index in [-0.39, 0.29) is 6.61 Å². The molecule has 0 N–H and O–H groups in total. The van der Waals surface area contributed by atoms with Gasteiger partial charge in [-0.25, -0.2) is 14.8 Å². The summed E-state index contributed by atoms with van der Waals surface area (Å²) in [6, 6.07) is 16.3. The summed E-state index contributed by atoms with van der Waals surface area (Å²) in [6.07, 6.45) is 0. The molecule has 0 atom stereocenters. The summed E-state index contributed by atoms with van der Waals surface area (Å²) < 4.78 is 5.40. The van der Waals surface area contributed by atoms with E-state index in [1.54, 1.807) is 16.7 Å². The van der Waals surface area contributed by atoms with Crippen LogP contribution in [-0.2, 0) is 11.3 Å². The van der Waals surface area contributed by atoms with E-state index >= 15 is 0 Å². The van der Waals surface area contributed by atoms with E-state index in [1.165, 1.54) is 22.5 Å². The second kappa shape index (κ2) is 8.04. The van der Waals surface area contributed by atoms with E-state index in [1.807, 2.05) is 48.7 Å². The first-order valence-corrected chi connectivity index (χ1v) is 10.6. The second-order valence-corrected chi connectivity index (χ2v) is 8.21. The third kappa shape index (κ3) is 4.18. The average molecular weight is 407 g/mol. The lowest BCUT2D eigenvalue weighted by Gasteiger charge is -2.00. The molecule has 0 aliphatic carbocycles. The summed E-state index contributed by atoms with van der Waals surface area (Å²) in [4.78, 5) is 21.3. The monoisotopic (exact) mass is 406 g/mol. The molecule has 0 unspecified atom stereocenters. The summed E-state index contributed by atoms with van der Waals surface area (Å²) in [6.45, 7) is 4.23. The summed E-state index contributed by atoms with van der Waals surface area (Å²) in [5.74, 6) is -0.431. The Morgan fingerprint density at radius 2 is 1.36 bits per heavy atom. The fourth-order valence-electron chi connectivity index (χ4n) is 2.61.